The summed E-state index contributed by atoms with van der Waals surface area (Å²) in [6.07, 6.45) is 2.63. The van der Waals surface area contributed by atoms with Gasteiger partial charge in [0.05, 0.1) is 6.04 Å². The SMILES string of the molecule is N[C@H](c1ccc(N2CCCC2)cc1)c1ccsc1. The Labute approximate surface area is 112 Å². The van der Waals surface area contributed by atoms with Crippen molar-refractivity contribution in [2.24, 2.45) is 5.73 Å². The maximum absolute atomic E-state index is 6.26. The number of benzene rings is 1. The molecule has 3 rings (SSSR count). The molecule has 2 heterocycles. The molecule has 2 N–H and O–H groups in total. The molecule has 2 nitrogen and oxygen atoms in total. The summed E-state index contributed by atoms with van der Waals surface area (Å²) in [5.74, 6) is 0. The van der Waals surface area contributed by atoms with E-state index in [4.69, 9.17) is 5.73 Å². The molecule has 1 fully saturated rings. The number of nitrogens with two attached hydrogens (primary N) is 1. The van der Waals surface area contributed by atoms with Crippen LogP contribution in [-0.2, 0) is 0 Å². The van der Waals surface area contributed by atoms with E-state index < -0.39 is 0 Å². The fourth-order valence-corrected chi connectivity index (χ4v) is 3.21. The second-order valence-corrected chi connectivity index (χ2v) is 5.60. The van der Waals surface area contributed by atoms with E-state index in [0.29, 0.717) is 0 Å². The fourth-order valence-electron chi connectivity index (χ4n) is 2.51. The highest BCUT2D eigenvalue weighted by molar-refractivity contribution is 7.08. The van der Waals surface area contributed by atoms with Gasteiger partial charge in [0, 0.05) is 18.8 Å². The van der Waals surface area contributed by atoms with Crippen LogP contribution in [0.1, 0.15) is 30.0 Å². The average molecular weight is 258 g/mol. The maximum atomic E-state index is 6.26. The van der Waals surface area contributed by atoms with Gasteiger partial charge in [-0.15, -0.1) is 0 Å². The van der Waals surface area contributed by atoms with Crippen LogP contribution < -0.4 is 10.6 Å². The molecule has 1 aromatic heterocycles. The number of thiophene rings is 1. The molecule has 1 aromatic carbocycles. The van der Waals surface area contributed by atoms with Crippen molar-refractivity contribution >= 4 is 17.0 Å². The van der Waals surface area contributed by atoms with Gasteiger partial charge in [-0.1, -0.05) is 12.1 Å². The molecule has 3 heteroatoms. The highest BCUT2D eigenvalue weighted by atomic mass is 32.1. The van der Waals surface area contributed by atoms with Gasteiger partial charge in [-0.3, -0.25) is 0 Å². The minimum Gasteiger partial charge on any atom is -0.372 e. The lowest BCUT2D eigenvalue weighted by atomic mass is 10.0. The molecule has 0 spiro atoms. The molecule has 2 aromatic rings. The van der Waals surface area contributed by atoms with Gasteiger partial charge in [0.2, 0.25) is 0 Å². The minimum absolute atomic E-state index is 0.00359. The first-order valence-corrected chi connectivity index (χ1v) is 7.41. The first kappa shape index (κ1) is 11.8. The minimum atomic E-state index is 0.00359. The fraction of sp³-hybridized carbons (Fsp3) is 0.333. The lowest BCUT2D eigenvalue weighted by Crippen LogP contribution is -2.17. The van der Waals surface area contributed by atoms with Crippen molar-refractivity contribution in [3.63, 3.8) is 0 Å². The number of hydrogen-bond acceptors (Lipinski definition) is 3. The topological polar surface area (TPSA) is 29.3 Å². The summed E-state index contributed by atoms with van der Waals surface area (Å²) in [6.45, 7) is 2.38. The van der Waals surface area contributed by atoms with E-state index in [-0.39, 0.29) is 6.04 Å². The van der Waals surface area contributed by atoms with Crippen molar-refractivity contribution in [1.29, 1.82) is 0 Å². The smallest absolute Gasteiger partial charge is 0.0559 e. The molecule has 0 unspecified atom stereocenters. The van der Waals surface area contributed by atoms with Crippen LogP contribution in [0.25, 0.3) is 0 Å². The number of rotatable bonds is 3. The van der Waals surface area contributed by atoms with Gasteiger partial charge in [0.25, 0.3) is 0 Å². The first-order chi connectivity index (χ1) is 8.84. The predicted molar refractivity (Wildman–Crippen MR) is 78.2 cm³/mol. The van der Waals surface area contributed by atoms with Gasteiger partial charge >= 0.3 is 0 Å². The van der Waals surface area contributed by atoms with Crippen molar-refractivity contribution in [1.82, 2.24) is 0 Å². The zero-order chi connectivity index (χ0) is 12.4. The van der Waals surface area contributed by atoms with Crippen molar-refractivity contribution < 1.29 is 0 Å². The summed E-state index contributed by atoms with van der Waals surface area (Å²) in [6, 6.07) is 10.8. The van der Waals surface area contributed by atoms with Gasteiger partial charge in [-0.25, -0.2) is 0 Å². The molecule has 0 saturated carbocycles. The second kappa shape index (κ2) is 5.12. The van der Waals surface area contributed by atoms with Gasteiger partial charge < -0.3 is 10.6 Å². The maximum Gasteiger partial charge on any atom is 0.0559 e. The molecule has 18 heavy (non-hydrogen) atoms. The molecular weight excluding hydrogens is 240 g/mol. The van der Waals surface area contributed by atoms with E-state index in [1.54, 1.807) is 11.3 Å². The summed E-state index contributed by atoms with van der Waals surface area (Å²) in [5, 5.41) is 4.20. The van der Waals surface area contributed by atoms with E-state index in [0.717, 1.165) is 0 Å². The van der Waals surface area contributed by atoms with E-state index in [1.165, 1.54) is 42.7 Å². The third-order valence-electron chi connectivity index (χ3n) is 3.63. The van der Waals surface area contributed by atoms with Crippen molar-refractivity contribution in [3.05, 3.63) is 52.2 Å². The highest BCUT2D eigenvalue weighted by Crippen LogP contribution is 2.25. The van der Waals surface area contributed by atoms with Crippen LogP contribution >= 0.6 is 11.3 Å². The Balaban J connectivity index is 1.78. The number of hydrogen-bond donors (Lipinski definition) is 1. The molecule has 1 aliphatic rings. The largest absolute Gasteiger partial charge is 0.372 e. The van der Waals surface area contributed by atoms with Crippen LogP contribution in [0.15, 0.2) is 41.1 Å². The summed E-state index contributed by atoms with van der Waals surface area (Å²) in [4.78, 5) is 2.44. The summed E-state index contributed by atoms with van der Waals surface area (Å²) in [5.41, 5.74) is 9.98. The zero-order valence-corrected chi connectivity index (χ0v) is 11.2. The van der Waals surface area contributed by atoms with Crippen LogP contribution in [0, 0.1) is 0 Å². The molecule has 1 atom stereocenters. The Kier molecular flexibility index (Phi) is 3.35. The van der Waals surface area contributed by atoms with Crippen LogP contribution in [0.4, 0.5) is 5.69 Å². The first-order valence-electron chi connectivity index (χ1n) is 6.47. The van der Waals surface area contributed by atoms with Gasteiger partial charge in [-0.05, 0) is 52.9 Å². The Hall–Kier alpha value is -1.32. The van der Waals surface area contributed by atoms with Crippen molar-refractivity contribution in [2.45, 2.75) is 18.9 Å². The van der Waals surface area contributed by atoms with Crippen molar-refractivity contribution in [3.8, 4) is 0 Å². The van der Waals surface area contributed by atoms with Crippen LogP contribution in [0.5, 0.6) is 0 Å². The van der Waals surface area contributed by atoms with E-state index in [1.807, 2.05) is 0 Å². The van der Waals surface area contributed by atoms with E-state index in [9.17, 15) is 0 Å². The summed E-state index contributed by atoms with van der Waals surface area (Å²) >= 11 is 1.70. The molecule has 0 bridgehead atoms. The van der Waals surface area contributed by atoms with Crippen LogP contribution in [0.3, 0.4) is 0 Å². The van der Waals surface area contributed by atoms with E-state index in [2.05, 4.69) is 46.0 Å². The third-order valence-corrected chi connectivity index (χ3v) is 4.33. The third kappa shape index (κ3) is 2.28. The van der Waals surface area contributed by atoms with Crippen LogP contribution in [-0.4, -0.2) is 13.1 Å². The predicted octanol–water partition coefficient (Wildman–Crippen LogP) is 3.40. The highest BCUT2D eigenvalue weighted by Gasteiger charge is 2.13. The molecular formula is C15H18N2S. The van der Waals surface area contributed by atoms with Crippen LogP contribution in [0.2, 0.25) is 0 Å². The monoisotopic (exact) mass is 258 g/mol. The molecule has 0 radical (unpaired) electrons. The quantitative estimate of drug-likeness (QED) is 0.914. The van der Waals surface area contributed by atoms with Gasteiger partial charge in [-0.2, -0.15) is 11.3 Å². The number of nitrogens with zero attached hydrogens (tertiary/aromatic N) is 1. The Morgan fingerprint density at radius 2 is 1.72 bits per heavy atom. The Morgan fingerprint density at radius 3 is 2.33 bits per heavy atom. The molecule has 0 aliphatic carbocycles. The molecule has 0 amide bonds. The summed E-state index contributed by atoms with van der Waals surface area (Å²) < 4.78 is 0. The second-order valence-electron chi connectivity index (χ2n) is 4.82. The lowest BCUT2D eigenvalue weighted by molar-refractivity contribution is 0.875. The van der Waals surface area contributed by atoms with Gasteiger partial charge in [0.1, 0.15) is 0 Å². The average Bonchev–Trinajstić information content (AvgIpc) is 3.11. The lowest BCUT2D eigenvalue weighted by Gasteiger charge is -2.18. The summed E-state index contributed by atoms with van der Waals surface area (Å²) in [7, 11) is 0. The normalized spacial score (nSPS) is 17.1. The van der Waals surface area contributed by atoms with Crippen molar-refractivity contribution in [2.75, 3.05) is 18.0 Å². The van der Waals surface area contributed by atoms with E-state index >= 15 is 0 Å². The standard InChI is InChI=1S/C15H18N2S/c16-15(13-7-10-18-11-13)12-3-5-14(6-4-12)17-8-1-2-9-17/h3-7,10-11,15H,1-2,8-9,16H2/t15-/m1/s1. The Morgan fingerprint density at radius 1 is 1.00 bits per heavy atom. The number of anilines is 1. The Bertz CT molecular complexity index is 484. The zero-order valence-electron chi connectivity index (χ0n) is 10.4. The molecule has 94 valence electrons. The molecule has 1 saturated heterocycles. The molecule has 1 aliphatic heterocycles. The van der Waals surface area contributed by atoms with Gasteiger partial charge in [0.15, 0.2) is 0 Å².